The monoisotopic (exact) mass is 231 g/mol. The summed E-state index contributed by atoms with van der Waals surface area (Å²) < 4.78 is 4.62. The first kappa shape index (κ1) is 11.7. The van der Waals surface area contributed by atoms with Crippen LogP contribution in [0.15, 0.2) is 36.4 Å². The van der Waals surface area contributed by atoms with Crippen LogP contribution in [0.3, 0.4) is 0 Å². The molecule has 0 saturated carbocycles. The third-order valence-corrected chi connectivity index (χ3v) is 3.02. The van der Waals surface area contributed by atoms with Gasteiger partial charge in [0, 0.05) is 11.6 Å². The molecule has 90 valence electrons. The van der Waals surface area contributed by atoms with Crippen LogP contribution in [0.1, 0.15) is 24.3 Å². The van der Waals surface area contributed by atoms with Crippen molar-refractivity contribution in [3.63, 3.8) is 0 Å². The second-order valence-corrected chi connectivity index (χ2v) is 4.13. The third-order valence-electron chi connectivity index (χ3n) is 3.02. The number of anilines is 1. The summed E-state index contributed by atoms with van der Waals surface area (Å²) in [6.45, 7) is 0.212. The quantitative estimate of drug-likeness (QED) is 0.639. The smallest absolute Gasteiger partial charge is 0.325 e. The van der Waals surface area contributed by atoms with Crippen molar-refractivity contribution in [2.75, 3.05) is 19.0 Å². The zero-order valence-corrected chi connectivity index (χ0v) is 9.98. The zero-order chi connectivity index (χ0) is 12.1. The van der Waals surface area contributed by atoms with Crippen molar-refractivity contribution in [3.8, 4) is 0 Å². The first-order valence-electron chi connectivity index (χ1n) is 5.87. The van der Waals surface area contributed by atoms with Gasteiger partial charge in [0.1, 0.15) is 6.54 Å². The van der Waals surface area contributed by atoms with Crippen LogP contribution in [-0.2, 0) is 9.53 Å². The molecule has 0 fully saturated rings. The minimum absolute atomic E-state index is 0.212. The van der Waals surface area contributed by atoms with E-state index in [1.165, 1.54) is 12.7 Å². The Bertz CT molecular complexity index is 426. The number of hydrogen-bond acceptors (Lipinski definition) is 3. The molecule has 0 amide bonds. The largest absolute Gasteiger partial charge is 0.468 e. The predicted molar refractivity (Wildman–Crippen MR) is 68.1 cm³/mol. The topological polar surface area (TPSA) is 38.3 Å². The highest BCUT2D eigenvalue weighted by molar-refractivity contribution is 5.75. The normalized spacial score (nSPS) is 18.1. The lowest BCUT2D eigenvalue weighted by atomic mass is 9.97. The molecule has 0 spiro atoms. The van der Waals surface area contributed by atoms with Gasteiger partial charge >= 0.3 is 5.97 Å². The molecule has 0 saturated heterocycles. The summed E-state index contributed by atoms with van der Waals surface area (Å²) in [5, 5.41) is 3.13. The molecule has 0 aromatic heterocycles. The number of hydrogen-bond donors (Lipinski definition) is 1. The predicted octanol–water partition coefficient (Wildman–Crippen LogP) is 2.71. The molecule has 2 rings (SSSR count). The highest BCUT2D eigenvalue weighted by Crippen LogP contribution is 2.32. The number of para-hydroxylation sites is 1. The minimum atomic E-state index is -0.248. The van der Waals surface area contributed by atoms with Crippen LogP contribution in [-0.4, -0.2) is 19.6 Å². The SMILES string of the molecule is COC(=O)CNc1ccccc1C1C=CCC1. The Kier molecular flexibility index (Phi) is 3.81. The van der Waals surface area contributed by atoms with Crippen LogP contribution >= 0.6 is 0 Å². The van der Waals surface area contributed by atoms with E-state index in [-0.39, 0.29) is 12.5 Å². The van der Waals surface area contributed by atoms with Crippen LogP contribution in [0.2, 0.25) is 0 Å². The van der Waals surface area contributed by atoms with Crippen molar-refractivity contribution < 1.29 is 9.53 Å². The van der Waals surface area contributed by atoms with E-state index in [0.29, 0.717) is 5.92 Å². The van der Waals surface area contributed by atoms with Crippen LogP contribution in [0.25, 0.3) is 0 Å². The number of rotatable bonds is 4. The number of ether oxygens (including phenoxy) is 1. The van der Waals surface area contributed by atoms with E-state index in [2.05, 4.69) is 28.3 Å². The van der Waals surface area contributed by atoms with Gasteiger partial charge in [-0.25, -0.2) is 0 Å². The number of carbonyl (C=O) groups is 1. The molecular formula is C14H17NO2. The summed E-state index contributed by atoms with van der Waals surface area (Å²) in [5.41, 5.74) is 2.28. The third kappa shape index (κ3) is 2.87. The number of carbonyl (C=O) groups excluding carboxylic acids is 1. The zero-order valence-electron chi connectivity index (χ0n) is 9.98. The van der Waals surface area contributed by atoms with Crippen molar-refractivity contribution in [3.05, 3.63) is 42.0 Å². The van der Waals surface area contributed by atoms with Gasteiger partial charge < -0.3 is 10.1 Å². The van der Waals surface area contributed by atoms with E-state index in [1.807, 2.05) is 18.2 Å². The lowest BCUT2D eigenvalue weighted by Crippen LogP contribution is -2.16. The maximum atomic E-state index is 11.1. The number of benzene rings is 1. The molecule has 3 heteroatoms. The molecule has 1 aromatic rings. The molecule has 1 aliphatic rings. The molecule has 0 bridgehead atoms. The van der Waals surface area contributed by atoms with Crippen molar-refractivity contribution in [2.45, 2.75) is 18.8 Å². The van der Waals surface area contributed by atoms with Gasteiger partial charge in [0.15, 0.2) is 0 Å². The van der Waals surface area contributed by atoms with Gasteiger partial charge in [-0.05, 0) is 24.5 Å². The second-order valence-electron chi connectivity index (χ2n) is 4.13. The Balaban J connectivity index is 2.10. The van der Waals surface area contributed by atoms with E-state index < -0.39 is 0 Å². The maximum absolute atomic E-state index is 11.1. The van der Waals surface area contributed by atoms with Crippen LogP contribution in [0.5, 0.6) is 0 Å². The second kappa shape index (κ2) is 5.53. The average molecular weight is 231 g/mol. The Morgan fingerprint density at radius 2 is 2.29 bits per heavy atom. The van der Waals surface area contributed by atoms with Crippen LogP contribution < -0.4 is 5.32 Å². The summed E-state index contributed by atoms with van der Waals surface area (Å²) in [6.07, 6.45) is 6.73. The van der Waals surface area contributed by atoms with E-state index in [1.54, 1.807) is 0 Å². The Hall–Kier alpha value is -1.77. The fraction of sp³-hybridized carbons (Fsp3) is 0.357. The molecule has 1 N–H and O–H groups in total. The highest BCUT2D eigenvalue weighted by atomic mass is 16.5. The van der Waals surface area contributed by atoms with Gasteiger partial charge in [-0.3, -0.25) is 4.79 Å². The summed E-state index contributed by atoms with van der Waals surface area (Å²) in [7, 11) is 1.40. The van der Waals surface area contributed by atoms with E-state index in [9.17, 15) is 4.79 Å². The molecule has 0 radical (unpaired) electrons. The van der Waals surface area contributed by atoms with Gasteiger partial charge in [0.05, 0.1) is 7.11 Å². The molecule has 3 nitrogen and oxygen atoms in total. The summed E-state index contributed by atoms with van der Waals surface area (Å²) in [6, 6.07) is 8.12. The summed E-state index contributed by atoms with van der Waals surface area (Å²) in [5.74, 6) is 0.220. The lowest BCUT2D eigenvalue weighted by Gasteiger charge is -2.15. The van der Waals surface area contributed by atoms with Gasteiger partial charge in [0.25, 0.3) is 0 Å². The first-order chi connectivity index (χ1) is 8.31. The Morgan fingerprint density at radius 3 is 3.00 bits per heavy atom. The molecule has 0 aliphatic heterocycles. The summed E-state index contributed by atoms with van der Waals surface area (Å²) >= 11 is 0. The van der Waals surface area contributed by atoms with Crippen LogP contribution in [0.4, 0.5) is 5.69 Å². The van der Waals surface area contributed by atoms with Gasteiger partial charge in [-0.15, -0.1) is 0 Å². The van der Waals surface area contributed by atoms with Crippen molar-refractivity contribution in [1.29, 1.82) is 0 Å². The molecule has 1 aliphatic carbocycles. The van der Waals surface area contributed by atoms with E-state index in [0.717, 1.165) is 18.5 Å². The Labute approximate surface area is 101 Å². The van der Waals surface area contributed by atoms with Gasteiger partial charge in [0.2, 0.25) is 0 Å². The number of nitrogens with one attached hydrogen (secondary N) is 1. The molecular weight excluding hydrogens is 214 g/mol. The lowest BCUT2D eigenvalue weighted by molar-refractivity contribution is -0.138. The van der Waals surface area contributed by atoms with Gasteiger partial charge in [-0.1, -0.05) is 30.4 Å². The molecule has 1 aromatic carbocycles. The molecule has 17 heavy (non-hydrogen) atoms. The summed E-state index contributed by atoms with van der Waals surface area (Å²) in [4.78, 5) is 11.1. The minimum Gasteiger partial charge on any atom is -0.468 e. The van der Waals surface area contributed by atoms with Crippen LogP contribution in [0, 0.1) is 0 Å². The average Bonchev–Trinajstić information content (AvgIpc) is 2.90. The fourth-order valence-corrected chi connectivity index (χ4v) is 2.11. The maximum Gasteiger partial charge on any atom is 0.325 e. The number of methoxy groups -OCH3 is 1. The van der Waals surface area contributed by atoms with E-state index in [4.69, 9.17) is 0 Å². The molecule has 1 atom stereocenters. The highest BCUT2D eigenvalue weighted by Gasteiger charge is 2.15. The van der Waals surface area contributed by atoms with Crippen molar-refractivity contribution in [2.24, 2.45) is 0 Å². The Morgan fingerprint density at radius 1 is 1.47 bits per heavy atom. The van der Waals surface area contributed by atoms with Crippen molar-refractivity contribution >= 4 is 11.7 Å². The molecule has 0 heterocycles. The van der Waals surface area contributed by atoms with Crippen molar-refractivity contribution in [1.82, 2.24) is 0 Å². The number of allylic oxidation sites excluding steroid dienone is 2. The first-order valence-corrected chi connectivity index (χ1v) is 5.87. The number of esters is 1. The molecule has 1 unspecified atom stereocenters. The standard InChI is InChI=1S/C14H17NO2/c1-17-14(16)10-15-13-9-5-4-8-12(13)11-6-2-3-7-11/h2,4-6,8-9,11,15H,3,7,10H2,1H3. The van der Waals surface area contributed by atoms with Gasteiger partial charge in [-0.2, -0.15) is 0 Å². The van der Waals surface area contributed by atoms with E-state index >= 15 is 0 Å². The fourth-order valence-electron chi connectivity index (χ4n) is 2.11.